The summed E-state index contributed by atoms with van der Waals surface area (Å²) >= 11 is 0. The summed E-state index contributed by atoms with van der Waals surface area (Å²) < 4.78 is 0. The van der Waals surface area contributed by atoms with Crippen LogP contribution in [0.5, 0.6) is 0 Å². The summed E-state index contributed by atoms with van der Waals surface area (Å²) in [6.07, 6.45) is 6.87. The number of hydrogen-bond donors (Lipinski definition) is 0. The Bertz CT molecular complexity index is 515. The van der Waals surface area contributed by atoms with E-state index in [1.165, 1.54) is 33.4 Å². The van der Waals surface area contributed by atoms with Gasteiger partial charge in [-0.2, -0.15) is 22.3 Å². The molecule has 0 saturated carbocycles. The second-order valence-electron chi connectivity index (χ2n) is 7.83. The Balaban J connectivity index is -0.000000147. The van der Waals surface area contributed by atoms with Gasteiger partial charge in [-0.25, -0.2) is 11.1 Å². The van der Waals surface area contributed by atoms with Gasteiger partial charge in [0.05, 0.1) is 0 Å². The first kappa shape index (κ1) is 34.5. The molecule has 0 aromatic rings. The van der Waals surface area contributed by atoms with Gasteiger partial charge >= 0.3 is 26.2 Å². The van der Waals surface area contributed by atoms with E-state index in [-0.39, 0.29) is 71.0 Å². The van der Waals surface area contributed by atoms with Crippen LogP contribution in [-0.4, -0.2) is 9.52 Å². The van der Waals surface area contributed by atoms with Gasteiger partial charge in [-0.05, 0) is 0 Å². The fraction of sp³-hybridized carbons (Fsp3) is 0.636. The minimum atomic E-state index is 0. The van der Waals surface area contributed by atoms with Crippen LogP contribution in [-0.2, 0) is 26.2 Å². The fourth-order valence-electron chi connectivity index (χ4n) is 2.81. The van der Waals surface area contributed by atoms with Crippen LogP contribution in [0.15, 0.2) is 33.4 Å². The van der Waals surface area contributed by atoms with Gasteiger partial charge in [0.1, 0.15) is 0 Å². The minimum absolute atomic E-state index is 0. The monoisotopic (exact) mass is 579 g/mol. The Labute approximate surface area is 206 Å². The molecular weight excluding hydrogens is 543 g/mol. The van der Waals surface area contributed by atoms with Crippen LogP contribution < -0.4 is 0 Å². The molecule has 0 nitrogen and oxygen atoms in total. The SMILES string of the molecule is Br.Br.CC1=[C-]C(C)(C)C(C)=C1C.CC1=[C-]C(C)(C)C(C)=C1C.C[SiH]C.[Zr+2]. The van der Waals surface area contributed by atoms with Gasteiger partial charge in [-0.3, -0.25) is 12.2 Å². The molecule has 0 amide bonds. The topological polar surface area (TPSA) is 0 Å². The molecule has 0 unspecified atom stereocenters. The van der Waals surface area contributed by atoms with Crippen LogP contribution in [0.25, 0.3) is 0 Å². The molecule has 0 saturated heterocycles. The number of hydrogen-bond acceptors (Lipinski definition) is 0. The predicted molar refractivity (Wildman–Crippen MR) is 129 cm³/mol. The maximum absolute atomic E-state index is 3.44. The summed E-state index contributed by atoms with van der Waals surface area (Å²) in [6.45, 7) is 26.3. The molecule has 26 heavy (non-hydrogen) atoms. The Morgan fingerprint density at radius 1 is 0.615 bits per heavy atom. The van der Waals surface area contributed by atoms with Crippen molar-refractivity contribution in [3.8, 4) is 0 Å². The second-order valence-corrected chi connectivity index (χ2v) is 8.98. The van der Waals surface area contributed by atoms with Crippen LogP contribution in [0.3, 0.4) is 0 Å². The second kappa shape index (κ2) is 14.1. The summed E-state index contributed by atoms with van der Waals surface area (Å²) in [4.78, 5) is 0. The first-order valence-corrected chi connectivity index (χ1v) is 11.0. The van der Waals surface area contributed by atoms with E-state index in [0.29, 0.717) is 0 Å². The van der Waals surface area contributed by atoms with Gasteiger partial charge < -0.3 is 0 Å². The average molecular weight is 583 g/mol. The Kier molecular flexibility index (Phi) is 18.7. The van der Waals surface area contributed by atoms with E-state index < -0.39 is 0 Å². The van der Waals surface area contributed by atoms with Crippen molar-refractivity contribution in [2.45, 2.75) is 82.3 Å². The zero-order valence-electron chi connectivity index (χ0n) is 18.9. The van der Waals surface area contributed by atoms with E-state index in [2.05, 4.69) is 94.5 Å². The maximum atomic E-state index is 3.44. The molecule has 2 aliphatic rings. The molecule has 4 heteroatoms. The standard InChI is InChI=1S/2C10H15.C2H7Si.2BrH.Zr/c2*1-7-6-10(4,5)9(3)8(7)2;1-3-2;;;/h2*1-5H3;3H,1-2H3;2*1H;/q2*-1;;;;+2. The van der Waals surface area contributed by atoms with Crippen molar-refractivity contribution in [1.29, 1.82) is 0 Å². The predicted octanol–water partition coefficient (Wildman–Crippen LogP) is 7.90. The summed E-state index contributed by atoms with van der Waals surface area (Å²) in [5.41, 5.74) is 8.79. The fourth-order valence-corrected chi connectivity index (χ4v) is 2.81. The largest absolute Gasteiger partial charge is 2.00 e. The maximum Gasteiger partial charge on any atom is 2.00 e. The van der Waals surface area contributed by atoms with Crippen molar-refractivity contribution in [3.05, 3.63) is 45.6 Å². The van der Waals surface area contributed by atoms with Crippen molar-refractivity contribution < 1.29 is 26.2 Å². The van der Waals surface area contributed by atoms with Crippen molar-refractivity contribution in [1.82, 2.24) is 0 Å². The molecule has 0 fully saturated rings. The molecule has 0 atom stereocenters. The van der Waals surface area contributed by atoms with Crippen LogP contribution in [0.4, 0.5) is 0 Å². The molecule has 0 heterocycles. The Morgan fingerprint density at radius 3 is 0.846 bits per heavy atom. The number of rotatable bonds is 0. The van der Waals surface area contributed by atoms with Crippen molar-refractivity contribution >= 4 is 43.5 Å². The smallest absolute Gasteiger partial charge is 0.263 e. The average Bonchev–Trinajstić information content (AvgIpc) is 2.71. The van der Waals surface area contributed by atoms with Gasteiger partial charge in [0.15, 0.2) is 0 Å². The molecule has 1 radical (unpaired) electrons. The third kappa shape index (κ3) is 9.48. The first-order valence-electron chi connectivity index (χ1n) is 8.65. The van der Waals surface area contributed by atoms with Crippen LogP contribution in [0.1, 0.15) is 69.2 Å². The number of halogens is 2. The van der Waals surface area contributed by atoms with Crippen LogP contribution >= 0.6 is 34.0 Å². The van der Waals surface area contributed by atoms with Gasteiger partial charge in [0.2, 0.25) is 0 Å². The third-order valence-corrected chi connectivity index (χ3v) is 5.12. The Hall–Kier alpha value is 1.02. The normalized spacial score (nSPS) is 18.8. The zero-order valence-corrected chi connectivity index (χ0v) is 25.9. The minimum Gasteiger partial charge on any atom is -0.263 e. The van der Waals surface area contributed by atoms with Gasteiger partial charge in [0.25, 0.3) is 0 Å². The summed E-state index contributed by atoms with van der Waals surface area (Å²) in [7, 11) is 0.750. The summed E-state index contributed by atoms with van der Waals surface area (Å²) in [5, 5.41) is 0. The van der Waals surface area contributed by atoms with Crippen LogP contribution in [0.2, 0.25) is 13.1 Å². The zero-order chi connectivity index (χ0) is 18.6. The van der Waals surface area contributed by atoms with Gasteiger partial charge in [-0.1, -0.05) is 79.3 Å². The molecule has 0 aromatic heterocycles. The molecule has 0 aromatic carbocycles. The summed E-state index contributed by atoms with van der Waals surface area (Å²) in [5.74, 6) is 0. The summed E-state index contributed by atoms with van der Waals surface area (Å²) in [6, 6.07) is 0. The van der Waals surface area contributed by atoms with Crippen molar-refractivity contribution in [2.75, 3.05) is 0 Å². The number of allylic oxidation sites excluding steroid dienone is 8. The van der Waals surface area contributed by atoms with Gasteiger partial charge in [0, 0.05) is 9.52 Å². The molecular formula is C22H39Br2SiZr. The van der Waals surface area contributed by atoms with Crippen molar-refractivity contribution in [3.63, 3.8) is 0 Å². The molecule has 0 aliphatic heterocycles. The molecule has 0 N–H and O–H groups in total. The van der Waals surface area contributed by atoms with E-state index in [1.54, 1.807) is 0 Å². The molecule has 149 valence electrons. The van der Waals surface area contributed by atoms with E-state index >= 15 is 0 Å². The van der Waals surface area contributed by atoms with Crippen LogP contribution in [0, 0.1) is 23.0 Å². The molecule has 2 aliphatic carbocycles. The molecule has 2 rings (SSSR count). The van der Waals surface area contributed by atoms with Crippen molar-refractivity contribution in [2.24, 2.45) is 10.8 Å². The molecule has 0 bridgehead atoms. The van der Waals surface area contributed by atoms with Gasteiger partial charge in [-0.15, -0.1) is 47.8 Å². The van der Waals surface area contributed by atoms with E-state index in [4.69, 9.17) is 0 Å². The quantitative estimate of drug-likeness (QED) is 0.201. The molecule has 0 spiro atoms. The third-order valence-electron chi connectivity index (χ3n) is 5.12. The van der Waals surface area contributed by atoms with E-state index in [9.17, 15) is 0 Å². The first-order chi connectivity index (χ1) is 10.3. The Morgan fingerprint density at radius 2 is 0.808 bits per heavy atom. The van der Waals surface area contributed by atoms with E-state index in [0.717, 1.165) is 9.52 Å². The van der Waals surface area contributed by atoms with E-state index in [1.807, 2.05) is 0 Å².